The molecular weight excluding hydrogens is 338 g/mol. The van der Waals surface area contributed by atoms with Crippen LogP contribution in [0.5, 0.6) is 0 Å². The first-order valence-electron chi connectivity index (χ1n) is 10.6. The molecule has 7 heteroatoms. The van der Waals surface area contributed by atoms with Crippen LogP contribution in [-0.4, -0.2) is 81.9 Å². The van der Waals surface area contributed by atoms with E-state index in [1.165, 1.54) is 58.4 Å². The van der Waals surface area contributed by atoms with E-state index in [2.05, 4.69) is 31.7 Å². The lowest BCUT2D eigenvalue weighted by Crippen LogP contribution is -2.33. The van der Waals surface area contributed by atoms with E-state index in [0.29, 0.717) is 0 Å². The first-order valence-corrected chi connectivity index (χ1v) is 10.6. The zero-order chi connectivity index (χ0) is 18.6. The van der Waals surface area contributed by atoms with Gasteiger partial charge in [0.05, 0.1) is 11.6 Å². The second-order valence-corrected chi connectivity index (χ2v) is 7.91. The Morgan fingerprint density at radius 1 is 0.889 bits per heavy atom. The van der Waals surface area contributed by atoms with E-state index < -0.39 is 0 Å². The van der Waals surface area contributed by atoms with Gasteiger partial charge in [0.2, 0.25) is 0 Å². The number of rotatable bonds is 6. The van der Waals surface area contributed by atoms with Crippen LogP contribution in [0.3, 0.4) is 0 Å². The van der Waals surface area contributed by atoms with Crippen molar-refractivity contribution in [3.63, 3.8) is 0 Å². The molecule has 2 aromatic rings. The van der Waals surface area contributed by atoms with Gasteiger partial charge >= 0.3 is 0 Å². The molecule has 0 atom stereocenters. The maximum atomic E-state index is 4.87. The molecular formula is C20H33N7. The van der Waals surface area contributed by atoms with Crippen molar-refractivity contribution in [3.8, 4) is 0 Å². The lowest BCUT2D eigenvalue weighted by Gasteiger charge is -2.24. The average molecular weight is 372 g/mol. The minimum Gasteiger partial charge on any atom is -0.355 e. The summed E-state index contributed by atoms with van der Waals surface area (Å²) in [6.45, 7) is 11.6. The monoisotopic (exact) mass is 371 g/mol. The first-order chi connectivity index (χ1) is 13.2. The predicted octanol–water partition coefficient (Wildman–Crippen LogP) is 1.92. The van der Waals surface area contributed by atoms with E-state index in [9.17, 15) is 0 Å². The van der Waals surface area contributed by atoms with Crippen LogP contribution in [0.15, 0.2) is 6.20 Å². The van der Waals surface area contributed by atoms with Gasteiger partial charge in [-0.2, -0.15) is 5.10 Å². The number of nitrogens with zero attached hydrogens (tertiary/aromatic N) is 7. The van der Waals surface area contributed by atoms with Crippen LogP contribution < -0.4 is 4.90 Å². The summed E-state index contributed by atoms with van der Waals surface area (Å²) in [7, 11) is 1.96. The van der Waals surface area contributed by atoms with Crippen LogP contribution in [0.2, 0.25) is 0 Å². The molecule has 0 saturated carbocycles. The van der Waals surface area contributed by atoms with Gasteiger partial charge in [-0.3, -0.25) is 4.68 Å². The van der Waals surface area contributed by atoms with Gasteiger partial charge in [0.25, 0.3) is 0 Å². The highest BCUT2D eigenvalue weighted by molar-refractivity contribution is 5.87. The Morgan fingerprint density at radius 3 is 2.41 bits per heavy atom. The zero-order valence-electron chi connectivity index (χ0n) is 16.9. The van der Waals surface area contributed by atoms with Crippen molar-refractivity contribution >= 4 is 16.9 Å². The Kier molecular flexibility index (Phi) is 5.88. The molecule has 4 rings (SSSR count). The van der Waals surface area contributed by atoms with Gasteiger partial charge in [-0.15, -0.1) is 0 Å². The van der Waals surface area contributed by atoms with E-state index in [-0.39, 0.29) is 0 Å². The molecule has 4 heterocycles. The molecule has 7 nitrogen and oxygen atoms in total. The maximum Gasteiger partial charge on any atom is 0.163 e. The zero-order valence-corrected chi connectivity index (χ0v) is 16.9. The number of aryl methyl sites for hydroxylation is 2. The third kappa shape index (κ3) is 4.24. The number of likely N-dealkylation sites (tertiary alicyclic amines) is 1. The lowest BCUT2D eigenvalue weighted by atomic mass is 10.3. The van der Waals surface area contributed by atoms with Crippen molar-refractivity contribution in [2.24, 2.45) is 7.05 Å². The molecule has 0 spiro atoms. The number of fused-ring (bicyclic) bond motifs is 1. The largest absolute Gasteiger partial charge is 0.355 e. The van der Waals surface area contributed by atoms with Crippen molar-refractivity contribution < 1.29 is 0 Å². The Hall–Kier alpha value is -1.73. The molecule has 0 bridgehead atoms. The smallest absolute Gasteiger partial charge is 0.163 e. The normalized spacial score (nSPS) is 19.9. The highest BCUT2D eigenvalue weighted by Crippen LogP contribution is 2.24. The summed E-state index contributed by atoms with van der Waals surface area (Å²) in [6.07, 6.45) is 8.03. The second-order valence-electron chi connectivity index (χ2n) is 7.91. The van der Waals surface area contributed by atoms with E-state index in [0.717, 1.165) is 48.7 Å². The van der Waals surface area contributed by atoms with Crippen LogP contribution in [-0.2, 0) is 13.5 Å². The standard InChI is InChI=1S/C20H33N7/c1-3-18-22-19-17(16-21-24(19)2)20(23-18)27-13-7-12-26(14-15-27)11-6-10-25-8-4-5-9-25/h16H,3-15H2,1-2H3. The number of anilines is 1. The van der Waals surface area contributed by atoms with E-state index in [1.807, 2.05) is 17.9 Å². The van der Waals surface area contributed by atoms with Gasteiger partial charge < -0.3 is 14.7 Å². The lowest BCUT2D eigenvalue weighted by molar-refractivity contribution is 0.257. The fraction of sp³-hybridized carbons (Fsp3) is 0.750. The summed E-state index contributed by atoms with van der Waals surface area (Å²) < 4.78 is 1.86. The quantitative estimate of drug-likeness (QED) is 0.773. The van der Waals surface area contributed by atoms with Crippen molar-refractivity contribution in [1.82, 2.24) is 29.5 Å². The number of hydrogen-bond donors (Lipinski definition) is 0. The molecule has 2 aromatic heterocycles. The molecule has 2 aliphatic heterocycles. The van der Waals surface area contributed by atoms with Crippen molar-refractivity contribution in [2.75, 3.05) is 57.3 Å². The summed E-state index contributed by atoms with van der Waals surface area (Å²) >= 11 is 0. The first kappa shape index (κ1) is 18.6. The van der Waals surface area contributed by atoms with Crippen LogP contribution in [0.25, 0.3) is 11.0 Å². The van der Waals surface area contributed by atoms with Crippen LogP contribution in [0, 0.1) is 0 Å². The molecule has 2 saturated heterocycles. The Labute approximate surface area is 162 Å². The predicted molar refractivity (Wildman–Crippen MR) is 109 cm³/mol. The third-order valence-corrected chi connectivity index (χ3v) is 5.97. The van der Waals surface area contributed by atoms with E-state index in [1.54, 1.807) is 0 Å². The Morgan fingerprint density at radius 2 is 1.63 bits per heavy atom. The van der Waals surface area contributed by atoms with E-state index >= 15 is 0 Å². The molecule has 0 radical (unpaired) electrons. The molecule has 0 unspecified atom stereocenters. The highest BCUT2D eigenvalue weighted by Gasteiger charge is 2.20. The van der Waals surface area contributed by atoms with Crippen LogP contribution >= 0.6 is 0 Å². The maximum absolute atomic E-state index is 4.87. The fourth-order valence-corrected chi connectivity index (χ4v) is 4.38. The van der Waals surface area contributed by atoms with Crippen LogP contribution in [0.1, 0.15) is 38.4 Å². The van der Waals surface area contributed by atoms with Gasteiger partial charge in [-0.05, 0) is 58.4 Å². The topological polar surface area (TPSA) is 53.3 Å². The van der Waals surface area contributed by atoms with Crippen molar-refractivity contribution in [1.29, 1.82) is 0 Å². The Balaban J connectivity index is 1.40. The van der Waals surface area contributed by atoms with Crippen LogP contribution in [0.4, 0.5) is 5.82 Å². The summed E-state index contributed by atoms with van der Waals surface area (Å²) in [6, 6.07) is 0. The summed E-state index contributed by atoms with van der Waals surface area (Å²) in [5.74, 6) is 1.98. The number of aromatic nitrogens is 4. The highest BCUT2D eigenvalue weighted by atomic mass is 15.3. The molecule has 2 aliphatic rings. The molecule has 0 amide bonds. The van der Waals surface area contributed by atoms with Crippen molar-refractivity contribution in [2.45, 2.75) is 39.0 Å². The molecule has 148 valence electrons. The fourth-order valence-electron chi connectivity index (χ4n) is 4.38. The summed E-state index contributed by atoms with van der Waals surface area (Å²) in [4.78, 5) is 17.3. The summed E-state index contributed by atoms with van der Waals surface area (Å²) in [5.41, 5.74) is 0.948. The second kappa shape index (κ2) is 8.52. The minimum atomic E-state index is 0.852. The summed E-state index contributed by atoms with van der Waals surface area (Å²) in [5, 5.41) is 5.50. The van der Waals surface area contributed by atoms with E-state index in [4.69, 9.17) is 4.98 Å². The minimum absolute atomic E-state index is 0.852. The van der Waals surface area contributed by atoms with Gasteiger partial charge in [0, 0.05) is 33.1 Å². The number of hydrogen-bond acceptors (Lipinski definition) is 6. The molecule has 27 heavy (non-hydrogen) atoms. The SMILES string of the molecule is CCc1nc(N2CCCN(CCCN3CCCC3)CC2)c2cnn(C)c2n1. The Bertz CT molecular complexity index is 750. The van der Waals surface area contributed by atoms with Crippen molar-refractivity contribution in [3.05, 3.63) is 12.0 Å². The van der Waals surface area contributed by atoms with Gasteiger partial charge in [-0.1, -0.05) is 6.92 Å². The molecule has 0 N–H and O–H groups in total. The van der Waals surface area contributed by atoms with Gasteiger partial charge in [0.1, 0.15) is 11.6 Å². The average Bonchev–Trinajstić information content (AvgIpc) is 3.26. The molecule has 0 aliphatic carbocycles. The van der Waals surface area contributed by atoms with Gasteiger partial charge in [0.15, 0.2) is 5.65 Å². The van der Waals surface area contributed by atoms with Gasteiger partial charge in [-0.25, -0.2) is 9.97 Å². The third-order valence-electron chi connectivity index (χ3n) is 5.97. The molecule has 0 aromatic carbocycles. The molecule has 2 fully saturated rings.